The molecule has 3 amide bonds. The normalized spacial score (nSPS) is 20.6. The molecular formula is C22H25N3O4. The molecule has 2 aromatic carbocycles. The van der Waals surface area contributed by atoms with E-state index in [1.54, 1.807) is 36.2 Å². The number of methoxy groups -OCH3 is 2. The molecule has 2 heterocycles. The fraction of sp³-hybridized carbons (Fsp3) is 0.364. The van der Waals surface area contributed by atoms with Gasteiger partial charge in [0.1, 0.15) is 0 Å². The summed E-state index contributed by atoms with van der Waals surface area (Å²) < 4.78 is 10.6. The molecule has 7 heteroatoms. The van der Waals surface area contributed by atoms with Crippen LogP contribution in [0.2, 0.25) is 0 Å². The third-order valence-corrected chi connectivity index (χ3v) is 5.56. The van der Waals surface area contributed by atoms with Gasteiger partial charge in [0, 0.05) is 36.4 Å². The Morgan fingerprint density at radius 1 is 1.07 bits per heavy atom. The van der Waals surface area contributed by atoms with E-state index in [1.807, 2.05) is 31.2 Å². The third-order valence-electron chi connectivity index (χ3n) is 5.56. The molecule has 2 aliphatic rings. The van der Waals surface area contributed by atoms with E-state index in [4.69, 9.17) is 9.47 Å². The number of nitrogens with zero attached hydrogens (tertiary/aromatic N) is 2. The van der Waals surface area contributed by atoms with Crippen molar-refractivity contribution in [3.63, 3.8) is 0 Å². The molecule has 1 fully saturated rings. The van der Waals surface area contributed by atoms with E-state index in [-0.39, 0.29) is 30.4 Å². The average Bonchev–Trinajstić information content (AvgIpc) is 3.25. The molecule has 1 N–H and O–H groups in total. The smallest absolute Gasteiger partial charge is 0.322 e. The van der Waals surface area contributed by atoms with Crippen molar-refractivity contribution in [1.29, 1.82) is 0 Å². The Morgan fingerprint density at radius 2 is 1.83 bits per heavy atom. The molecule has 0 aliphatic carbocycles. The number of para-hydroxylation sites is 1. The zero-order chi connectivity index (χ0) is 20.5. The Labute approximate surface area is 170 Å². The highest BCUT2D eigenvalue weighted by molar-refractivity contribution is 5.99. The van der Waals surface area contributed by atoms with Crippen molar-refractivity contribution in [1.82, 2.24) is 5.32 Å². The summed E-state index contributed by atoms with van der Waals surface area (Å²) in [5.41, 5.74) is 2.84. The maximum absolute atomic E-state index is 13.0. The SMILES string of the molecule is COc1ccc(N2C[C@H](NC(=O)N3c4ccccc4C[C@H]3C)CC2=O)cc1OC. The van der Waals surface area contributed by atoms with Gasteiger partial charge in [0.05, 0.1) is 20.3 Å². The lowest BCUT2D eigenvalue weighted by Crippen LogP contribution is -2.48. The quantitative estimate of drug-likeness (QED) is 0.864. The number of rotatable bonds is 4. The van der Waals surface area contributed by atoms with Crippen LogP contribution in [0.25, 0.3) is 0 Å². The molecule has 7 nitrogen and oxygen atoms in total. The van der Waals surface area contributed by atoms with E-state index in [2.05, 4.69) is 11.4 Å². The first-order valence-corrected chi connectivity index (χ1v) is 9.72. The maximum Gasteiger partial charge on any atom is 0.322 e. The summed E-state index contributed by atoms with van der Waals surface area (Å²) in [6.45, 7) is 2.46. The lowest BCUT2D eigenvalue weighted by Gasteiger charge is -2.25. The average molecular weight is 395 g/mol. The number of anilines is 2. The van der Waals surface area contributed by atoms with E-state index in [0.29, 0.717) is 18.0 Å². The Morgan fingerprint density at radius 3 is 2.59 bits per heavy atom. The number of carbonyl (C=O) groups is 2. The van der Waals surface area contributed by atoms with Crippen molar-refractivity contribution in [3.05, 3.63) is 48.0 Å². The van der Waals surface area contributed by atoms with Gasteiger partial charge in [-0.25, -0.2) is 4.79 Å². The summed E-state index contributed by atoms with van der Waals surface area (Å²) in [5.74, 6) is 1.14. The molecule has 0 unspecified atom stereocenters. The molecule has 0 saturated carbocycles. The molecule has 29 heavy (non-hydrogen) atoms. The van der Waals surface area contributed by atoms with Crippen LogP contribution in [-0.4, -0.2) is 44.8 Å². The lowest BCUT2D eigenvalue weighted by molar-refractivity contribution is -0.117. The van der Waals surface area contributed by atoms with E-state index < -0.39 is 0 Å². The van der Waals surface area contributed by atoms with Crippen LogP contribution < -0.4 is 24.6 Å². The van der Waals surface area contributed by atoms with Crippen molar-refractivity contribution in [2.45, 2.75) is 31.8 Å². The Kier molecular flexibility index (Phi) is 5.05. The van der Waals surface area contributed by atoms with Crippen LogP contribution in [0.4, 0.5) is 16.2 Å². The Balaban J connectivity index is 1.47. The van der Waals surface area contributed by atoms with Crippen molar-refractivity contribution in [3.8, 4) is 11.5 Å². The molecule has 4 rings (SSSR count). The molecule has 0 bridgehead atoms. The molecular weight excluding hydrogens is 370 g/mol. The molecule has 152 valence electrons. The van der Waals surface area contributed by atoms with Gasteiger partial charge >= 0.3 is 6.03 Å². The highest BCUT2D eigenvalue weighted by Gasteiger charge is 2.36. The number of urea groups is 1. The van der Waals surface area contributed by atoms with Gasteiger partial charge in [-0.1, -0.05) is 18.2 Å². The zero-order valence-corrected chi connectivity index (χ0v) is 16.8. The molecule has 0 aromatic heterocycles. The van der Waals surface area contributed by atoms with Gasteiger partial charge < -0.3 is 19.7 Å². The Bertz CT molecular complexity index is 945. The number of hydrogen-bond acceptors (Lipinski definition) is 4. The fourth-order valence-electron chi connectivity index (χ4n) is 4.17. The van der Waals surface area contributed by atoms with Crippen LogP contribution in [0.1, 0.15) is 18.9 Å². The Hall–Kier alpha value is -3.22. The topological polar surface area (TPSA) is 71.1 Å². The number of benzene rings is 2. The number of hydrogen-bond donors (Lipinski definition) is 1. The number of nitrogens with one attached hydrogen (secondary N) is 1. The van der Waals surface area contributed by atoms with Gasteiger partial charge in [-0.15, -0.1) is 0 Å². The summed E-state index contributed by atoms with van der Waals surface area (Å²) in [7, 11) is 3.13. The van der Waals surface area contributed by atoms with Crippen LogP contribution in [0.3, 0.4) is 0 Å². The fourth-order valence-corrected chi connectivity index (χ4v) is 4.17. The van der Waals surface area contributed by atoms with Gasteiger partial charge in [0.2, 0.25) is 5.91 Å². The van der Waals surface area contributed by atoms with Crippen molar-refractivity contribution in [2.75, 3.05) is 30.6 Å². The minimum Gasteiger partial charge on any atom is -0.493 e. The highest BCUT2D eigenvalue weighted by atomic mass is 16.5. The number of carbonyl (C=O) groups excluding carboxylic acids is 2. The van der Waals surface area contributed by atoms with Crippen LogP contribution in [0, 0.1) is 0 Å². The predicted octanol–water partition coefficient (Wildman–Crippen LogP) is 2.97. The molecule has 2 aliphatic heterocycles. The van der Waals surface area contributed by atoms with E-state index >= 15 is 0 Å². The largest absolute Gasteiger partial charge is 0.493 e. The first-order valence-electron chi connectivity index (χ1n) is 9.72. The first kappa shape index (κ1) is 19.1. The second kappa shape index (κ2) is 7.66. The second-order valence-electron chi connectivity index (χ2n) is 7.45. The monoisotopic (exact) mass is 395 g/mol. The summed E-state index contributed by atoms with van der Waals surface area (Å²) in [6, 6.07) is 13.0. The lowest BCUT2D eigenvalue weighted by atomic mass is 10.1. The van der Waals surface area contributed by atoms with Crippen molar-refractivity contribution in [2.24, 2.45) is 0 Å². The number of ether oxygens (including phenoxy) is 2. The molecule has 2 atom stereocenters. The third kappa shape index (κ3) is 3.48. The molecule has 0 spiro atoms. The van der Waals surface area contributed by atoms with Gasteiger partial charge in [0.25, 0.3) is 0 Å². The molecule has 2 aromatic rings. The summed E-state index contributed by atoms with van der Waals surface area (Å²) in [4.78, 5) is 29.0. The van der Waals surface area contributed by atoms with Gasteiger partial charge in [-0.05, 0) is 37.1 Å². The van der Waals surface area contributed by atoms with Crippen LogP contribution in [-0.2, 0) is 11.2 Å². The zero-order valence-electron chi connectivity index (χ0n) is 16.8. The van der Waals surface area contributed by atoms with Crippen molar-refractivity contribution >= 4 is 23.3 Å². The van der Waals surface area contributed by atoms with E-state index in [9.17, 15) is 9.59 Å². The summed E-state index contributed by atoms with van der Waals surface area (Å²) >= 11 is 0. The first-order chi connectivity index (χ1) is 14.0. The van der Waals surface area contributed by atoms with Crippen LogP contribution >= 0.6 is 0 Å². The second-order valence-corrected chi connectivity index (χ2v) is 7.45. The van der Waals surface area contributed by atoms with Crippen LogP contribution in [0.15, 0.2) is 42.5 Å². The van der Waals surface area contributed by atoms with Crippen molar-refractivity contribution < 1.29 is 19.1 Å². The molecule has 1 saturated heterocycles. The number of amides is 3. The van der Waals surface area contributed by atoms with Gasteiger partial charge in [-0.2, -0.15) is 0 Å². The predicted molar refractivity (Wildman–Crippen MR) is 111 cm³/mol. The maximum atomic E-state index is 13.0. The van der Waals surface area contributed by atoms with E-state index in [1.165, 1.54) is 5.56 Å². The van der Waals surface area contributed by atoms with Crippen LogP contribution in [0.5, 0.6) is 11.5 Å². The summed E-state index contributed by atoms with van der Waals surface area (Å²) in [5, 5.41) is 3.04. The van der Waals surface area contributed by atoms with E-state index in [0.717, 1.165) is 17.8 Å². The number of fused-ring (bicyclic) bond motifs is 1. The standard InChI is InChI=1S/C22H25N3O4/c1-14-10-15-6-4-5-7-18(15)25(14)22(27)23-16-11-21(26)24(13-16)17-8-9-19(28-2)20(12-17)29-3/h4-9,12,14,16H,10-11,13H2,1-3H3,(H,23,27)/t14-,16-/m1/s1. The highest BCUT2D eigenvalue weighted by Crippen LogP contribution is 2.34. The minimum atomic E-state index is -0.247. The van der Waals surface area contributed by atoms with Gasteiger partial charge in [0.15, 0.2) is 11.5 Å². The molecule has 0 radical (unpaired) electrons. The minimum absolute atomic E-state index is 0.0302. The van der Waals surface area contributed by atoms with Gasteiger partial charge in [-0.3, -0.25) is 9.69 Å². The summed E-state index contributed by atoms with van der Waals surface area (Å²) in [6.07, 6.45) is 1.11.